The minimum absolute atomic E-state index is 0.0116. The Morgan fingerprint density at radius 3 is 2.32 bits per heavy atom. The van der Waals surface area contributed by atoms with Crippen LogP contribution in [0.1, 0.15) is 117 Å². The first-order valence-electron chi connectivity index (χ1n) is 23.9. The van der Waals surface area contributed by atoms with Gasteiger partial charge >= 0.3 is 5.69 Å². The standard InChI is InChI=1S/C47H58F2N12O5/c1-55-42-34(3-2-4-37(42)61(47(55)65)38-13-14-40(62)53-46(38)64)30-9-5-28(6-10-30)23-56-17-19-57(20-18-56)24-29-7-11-31(12-8-29)60-26-36(41(54-60)43(48)49)51-45(63)35-22-50-59-16-15-39(52-44(35)59)58-25-33-21-32(58)27-66-33/h2-4,15-16,22,26,28-33,38,43H,5-14,17-21,23-25,27H2,1H3,(H,51,63)(H,53,62,64)/t28-,29-,30-,31-,32-,33-,38?/m1/s1. The fraction of sp³-hybridized carbons (Fsp3) is 0.596. The summed E-state index contributed by atoms with van der Waals surface area (Å²) in [6, 6.07) is 7.46. The molecule has 66 heavy (non-hydrogen) atoms. The molecule has 2 saturated carbocycles. The number of nitrogens with one attached hydrogen (secondary N) is 2. The van der Waals surface area contributed by atoms with Gasteiger partial charge in [0, 0.05) is 71.7 Å². The van der Waals surface area contributed by atoms with E-state index in [9.17, 15) is 28.0 Å². The van der Waals surface area contributed by atoms with E-state index in [-0.39, 0.29) is 47.5 Å². The maximum absolute atomic E-state index is 14.3. The Morgan fingerprint density at radius 2 is 1.65 bits per heavy atom. The number of carbonyl (C=O) groups excluding carboxylic acids is 3. The van der Waals surface area contributed by atoms with Gasteiger partial charge in [-0.25, -0.2) is 23.1 Å². The number of nitrogens with zero attached hydrogens (tertiary/aromatic N) is 10. The summed E-state index contributed by atoms with van der Waals surface area (Å²) >= 11 is 0. The summed E-state index contributed by atoms with van der Waals surface area (Å²) in [6.45, 7) is 7.69. The predicted octanol–water partition coefficient (Wildman–Crippen LogP) is 5.05. The van der Waals surface area contributed by atoms with Crippen LogP contribution >= 0.6 is 0 Å². The van der Waals surface area contributed by atoms with Gasteiger partial charge in [-0.05, 0) is 99.7 Å². The van der Waals surface area contributed by atoms with E-state index in [1.54, 1.807) is 33.3 Å². The summed E-state index contributed by atoms with van der Waals surface area (Å²) in [4.78, 5) is 63.8. The van der Waals surface area contributed by atoms with E-state index >= 15 is 0 Å². The number of carbonyl (C=O) groups is 3. The topological polar surface area (TPSA) is 169 Å². The highest BCUT2D eigenvalue weighted by Crippen LogP contribution is 2.40. The minimum Gasteiger partial charge on any atom is -0.374 e. The number of amides is 3. The van der Waals surface area contributed by atoms with Gasteiger partial charge in [-0.1, -0.05) is 12.1 Å². The van der Waals surface area contributed by atoms with Crippen LogP contribution in [0.3, 0.4) is 0 Å². The van der Waals surface area contributed by atoms with Crippen LogP contribution in [0.5, 0.6) is 0 Å². The second-order valence-corrected chi connectivity index (χ2v) is 19.7. The van der Waals surface area contributed by atoms with Crippen LogP contribution in [0.25, 0.3) is 16.7 Å². The molecule has 2 N–H and O–H groups in total. The number of morpholine rings is 1. The molecule has 0 radical (unpaired) electrons. The van der Waals surface area contributed by atoms with E-state index in [2.05, 4.69) is 41.6 Å². The quantitative estimate of drug-likeness (QED) is 0.170. The van der Waals surface area contributed by atoms with Crippen molar-refractivity contribution in [3.05, 3.63) is 70.2 Å². The second-order valence-electron chi connectivity index (χ2n) is 19.7. The number of alkyl halides is 2. The van der Waals surface area contributed by atoms with Crippen LogP contribution in [-0.2, 0) is 21.4 Å². The summed E-state index contributed by atoms with van der Waals surface area (Å²) < 4.78 is 40.9. The van der Waals surface area contributed by atoms with E-state index < -0.39 is 30.0 Å². The zero-order valence-electron chi connectivity index (χ0n) is 37.4. The van der Waals surface area contributed by atoms with E-state index in [1.165, 1.54) is 16.3 Å². The van der Waals surface area contributed by atoms with Crippen LogP contribution in [0.4, 0.5) is 20.3 Å². The average molecular weight is 909 g/mol. The highest BCUT2D eigenvalue weighted by atomic mass is 19.3. The van der Waals surface area contributed by atoms with Crippen molar-refractivity contribution in [2.45, 2.75) is 107 Å². The molecule has 6 fully saturated rings. The number of aromatic nitrogens is 7. The lowest BCUT2D eigenvalue weighted by Gasteiger charge is -2.40. The third-order valence-electron chi connectivity index (χ3n) is 15.6. The molecule has 2 aliphatic carbocycles. The molecule has 4 aromatic heterocycles. The van der Waals surface area contributed by atoms with Gasteiger partial charge < -0.3 is 24.8 Å². The zero-order chi connectivity index (χ0) is 45.2. The van der Waals surface area contributed by atoms with Crippen LogP contribution in [0, 0.1) is 11.8 Å². The summed E-state index contributed by atoms with van der Waals surface area (Å²) in [5, 5.41) is 13.7. The van der Waals surface area contributed by atoms with Gasteiger partial charge in [0.25, 0.3) is 12.3 Å². The van der Waals surface area contributed by atoms with Gasteiger partial charge in [0.05, 0.1) is 47.7 Å². The van der Waals surface area contributed by atoms with Crippen LogP contribution in [0.15, 0.2) is 47.7 Å². The number of halogens is 2. The molecular weight excluding hydrogens is 851 g/mol. The molecule has 19 heteroatoms. The summed E-state index contributed by atoms with van der Waals surface area (Å²) in [5.74, 6) is 0.984. The lowest BCUT2D eigenvalue weighted by molar-refractivity contribution is -0.135. The Bertz CT molecular complexity index is 2700. The molecule has 1 unspecified atom stereocenters. The molecule has 17 nitrogen and oxygen atoms in total. The van der Waals surface area contributed by atoms with E-state index in [0.717, 1.165) is 120 Å². The van der Waals surface area contributed by atoms with Crippen molar-refractivity contribution in [3.8, 4) is 0 Å². The van der Waals surface area contributed by atoms with Crippen molar-refractivity contribution in [1.29, 1.82) is 0 Å². The number of rotatable bonds is 11. The van der Waals surface area contributed by atoms with Crippen molar-refractivity contribution in [2.24, 2.45) is 18.9 Å². The maximum atomic E-state index is 14.3. The van der Waals surface area contributed by atoms with Gasteiger partial charge in [0.15, 0.2) is 11.3 Å². The smallest absolute Gasteiger partial charge is 0.329 e. The Balaban J connectivity index is 0.646. The minimum atomic E-state index is -2.85. The lowest BCUT2D eigenvalue weighted by atomic mass is 9.78. The Labute approximate surface area is 380 Å². The first-order valence-corrected chi connectivity index (χ1v) is 23.9. The largest absolute Gasteiger partial charge is 0.374 e. The SMILES string of the molecule is Cn1c(=O)n(C2CCC(=O)NC2=O)c2cccc([C@H]3CC[C@H](CN4CCN(C[C@H]5CC[C@H](n6cc(NC(=O)c7cnn8ccc(N9C[C@H]%10C[C@@H]9CO%10)nc78)c(C(F)F)n6)CC5)CC4)CC3)c21. The molecule has 5 aromatic rings. The van der Waals surface area contributed by atoms with Crippen LogP contribution < -0.4 is 21.2 Å². The van der Waals surface area contributed by atoms with Gasteiger partial charge in [0.1, 0.15) is 17.4 Å². The van der Waals surface area contributed by atoms with Crippen molar-refractivity contribution < 1.29 is 27.9 Å². The van der Waals surface area contributed by atoms with Crippen molar-refractivity contribution in [3.63, 3.8) is 0 Å². The number of imidazole rings is 1. The molecule has 3 amide bonds. The van der Waals surface area contributed by atoms with Gasteiger partial charge in [0.2, 0.25) is 11.8 Å². The predicted molar refractivity (Wildman–Crippen MR) is 241 cm³/mol. The van der Waals surface area contributed by atoms with Crippen molar-refractivity contribution in [1.82, 2.24) is 48.6 Å². The number of ether oxygens (including phenoxy) is 1. The molecule has 6 aliphatic rings. The number of piperazine rings is 1. The number of fused-ring (bicyclic) bond motifs is 4. The highest BCUT2D eigenvalue weighted by molar-refractivity contribution is 6.08. The number of imide groups is 1. The van der Waals surface area contributed by atoms with Crippen molar-refractivity contribution in [2.75, 3.05) is 62.6 Å². The van der Waals surface area contributed by atoms with E-state index in [4.69, 9.17) is 9.72 Å². The number of aryl methyl sites for hydroxylation is 1. The van der Waals surface area contributed by atoms with Crippen molar-refractivity contribution >= 4 is 45.9 Å². The number of hydrogen-bond acceptors (Lipinski definition) is 11. The molecule has 2 bridgehead atoms. The molecule has 0 spiro atoms. The second kappa shape index (κ2) is 17.6. The fourth-order valence-electron chi connectivity index (χ4n) is 12.1. The highest BCUT2D eigenvalue weighted by Gasteiger charge is 2.40. The molecule has 350 valence electrons. The summed E-state index contributed by atoms with van der Waals surface area (Å²) in [7, 11) is 1.78. The lowest BCUT2D eigenvalue weighted by Crippen LogP contribution is -2.49. The first kappa shape index (κ1) is 43.1. The zero-order valence-corrected chi connectivity index (χ0v) is 37.4. The molecular formula is C47H58F2N12O5. The van der Waals surface area contributed by atoms with Gasteiger partial charge in [-0.15, -0.1) is 0 Å². The number of anilines is 2. The molecule has 11 rings (SSSR count). The summed E-state index contributed by atoms with van der Waals surface area (Å²) in [5.41, 5.74) is 2.75. The molecule has 4 saturated heterocycles. The van der Waals surface area contributed by atoms with Crippen LogP contribution in [0.2, 0.25) is 0 Å². The maximum Gasteiger partial charge on any atom is 0.329 e. The fourth-order valence-corrected chi connectivity index (χ4v) is 12.1. The number of para-hydroxylation sites is 1. The normalized spacial score (nSPS) is 27.7. The van der Waals surface area contributed by atoms with E-state index in [0.29, 0.717) is 36.4 Å². The van der Waals surface area contributed by atoms with E-state index in [1.807, 2.05) is 18.2 Å². The molecule has 3 atom stereocenters. The first-order chi connectivity index (χ1) is 32.0. The molecule has 1 aromatic carbocycles. The average Bonchev–Trinajstić information content (AvgIpc) is 4.18. The van der Waals surface area contributed by atoms with Gasteiger partial charge in [-0.2, -0.15) is 10.2 Å². The number of hydrogen-bond donors (Lipinski definition) is 2. The van der Waals surface area contributed by atoms with Gasteiger partial charge in [-0.3, -0.25) is 33.5 Å². The third kappa shape index (κ3) is 8.09. The molecule has 8 heterocycles. The molecule has 4 aliphatic heterocycles. The monoisotopic (exact) mass is 908 g/mol. The number of benzene rings is 1. The van der Waals surface area contributed by atoms with Crippen LogP contribution in [-0.4, -0.2) is 126 Å². The Morgan fingerprint density at radius 1 is 0.924 bits per heavy atom. The Kier molecular flexibility index (Phi) is 11.5. The summed E-state index contributed by atoms with van der Waals surface area (Å²) in [6.07, 6.45) is 11.6. The third-order valence-corrected chi connectivity index (χ3v) is 15.6. The Hall–Kier alpha value is -5.53. The number of piperidine rings is 1.